The average Bonchev–Trinajstić information content (AvgIpc) is 3.19. The standard InChI is InChI=1S/C37H26O/c1-37(2)32-14-4-3-12-28(32)29-18-16-27(22-33(29)37)25-11-5-10-24(20-25)26-17-19-34-31(21-26)30-13-6-8-23-9-7-15-35(38-34)36(23)30/h3-22H,1-2H3. The van der Waals surface area contributed by atoms with Crippen LogP contribution in [-0.4, -0.2) is 0 Å². The second-order valence-corrected chi connectivity index (χ2v) is 11.0. The zero-order valence-electron chi connectivity index (χ0n) is 21.5. The van der Waals surface area contributed by atoms with Gasteiger partial charge < -0.3 is 4.74 Å². The summed E-state index contributed by atoms with van der Waals surface area (Å²) in [5.74, 6) is 1.85. The minimum absolute atomic E-state index is 0.00461. The molecule has 1 aliphatic heterocycles. The summed E-state index contributed by atoms with van der Waals surface area (Å²) in [5, 5.41) is 2.40. The first-order valence-electron chi connectivity index (χ1n) is 13.3. The summed E-state index contributed by atoms with van der Waals surface area (Å²) in [5.41, 5.74) is 12.8. The van der Waals surface area contributed by atoms with Crippen molar-refractivity contribution in [3.63, 3.8) is 0 Å². The Morgan fingerprint density at radius 2 is 1.11 bits per heavy atom. The molecule has 1 nitrogen and oxygen atoms in total. The van der Waals surface area contributed by atoms with E-state index in [2.05, 4.69) is 135 Å². The second-order valence-electron chi connectivity index (χ2n) is 11.0. The van der Waals surface area contributed by atoms with E-state index in [4.69, 9.17) is 4.74 Å². The van der Waals surface area contributed by atoms with Gasteiger partial charge in [0.15, 0.2) is 0 Å². The number of hydrogen-bond donors (Lipinski definition) is 0. The quantitative estimate of drug-likeness (QED) is 0.236. The van der Waals surface area contributed by atoms with Crippen molar-refractivity contribution in [3.05, 3.63) is 132 Å². The Morgan fingerprint density at radius 1 is 0.447 bits per heavy atom. The van der Waals surface area contributed by atoms with Crippen LogP contribution in [-0.2, 0) is 5.41 Å². The van der Waals surface area contributed by atoms with E-state index in [0.717, 1.165) is 17.1 Å². The molecule has 0 N–H and O–H groups in total. The van der Waals surface area contributed by atoms with Gasteiger partial charge in [-0.05, 0) is 85.8 Å². The first kappa shape index (κ1) is 21.5. The summed E-state index contributed by atoms with van der Waals surface area (Å²) in [4.78, 5) is 0. The fraction of sp³-hybridized carbons (Fsp3) is 0.0811. The van der Waals surface area contributed by atoms with Crippen molar-refractivity contribution in [2.75, 3.05) is 0 Å². The van der Waals surface area contributed by atoms with E-state index in [9.17, 15) is 0 Å². The third-order valence-electron chi connectivity index (χ3n) is 8.47. The van der Waals surface area contributed by atoms with Crippen LogP contribution >= 0.6 is 0 Å². The molecule has 38 heavy (non-hydrogen) atoms. The molecule has 0 saturated carbocycles. The van der Waals surface area contributed by atoms with E-state index in [1.54, 1.807) is 0 Å². The van der Waals surface area contributed by atoms with Crippen molar-refractivity contribution in [1.82, 2.24) is 0 Å². The van der Waals surface area contributed by atoms with E-state index in [1.165, 1.54) is 60.8 Å². The van der Waals surface area contributed by atoms with E-state index in [1.807, 2.05) is 0 Å². The predicted molar refractivity (Wildman–Crippen MR) is 158 cm³/mol. The summed E-state index contributed by atoms with van der Waals surface area (Å²) in [7, 11) is 0. The molecule has 0 radical (unpaired) electrons. The lowest BCUT2D eigenvalue weighted by atomic mass is 9.81. The van der Waals surface area contributed by atoms with Gasteiger partial charge in [0.1, 0.15) is 11.5 Å². The summed E-state index contributed by atoms with van der Waals surface area (Å²) >= 11 is 0. The molecule has 2 aliphatic rings. The first-order chi connectivity index (χ1) is 18.6. The molecule has 0 fully saturated rings. The lowest BCUT2D eigenvalue weighted by molar-refractivity contribution is 0.487. The normalized spacial score (nSPS) is 13.9. The number of benzene rings is 6. The summed E-state index contributed by atoms with van der Waals surface area (Å²) in [6.45, 7) is 4.68. The van der Waals surface area contributed by atoms with Crippen molar-refractivity contribution >= 4 is 10.8 Å². The van der Waals surface area contributed by atoms with Crippen LogP contribution in [0.4, 0.5) is 0 Å². The molecule has 1 heteroatoms. The number of rotatable bonds is 2. The SMILES string of the molecule is CC1(C)c2ccccc2-c2ccc(-c3cccc(-c4ccc5c(c4)-c4cccc6cccc(c46)O5)c3)cc21. The van der Waals surface area contributed by atoms with Gasteiger partial charge in [-0.2, -0.15) is 0 Å². The predicted octanol–water partition coefficient (Wildman–Crippen LogP) is 10.3. The average molecular weight is 487 g/mol. The van der Waals surface area contributed by atoms with Gasteiger partial charge in [0.05, 0.1) is 0 Å². The zero-order chi connectivity index (χ0) is 25.4. The number of ether oxygens (including phenoxy) is 1. The van der Waals surface area contributed by atoms with Crippen LogP contribution in [0.25, 0.3) is 55.3 Å². The van der Waals surface area contributed by atoms with Gasteiger partial charge in [-0.15, -0.1) is 0 Å². The maximum absolute atomic E-state index is 6.32. The van der Waals surface area contributed by atoms with E-state index < -0.39 is 0 Å². The Bertz CT molecular complexity index is 1920. The molecule has 180 valence electrons. The van der Waals surface area contributed by atoms with Crippen LogP contribution in [0.5, 0.6) is 11.5 Å². The van der Waals surface area contributed by atoms with E-state index in [-0.39, 0.29) is 5.41 Å². The molecule has 1 heterocycles. The molecule has 0 saturated heterocycles. The highest BCUT2D eigenvalue weighted by Crippen LogP contribution is 2.50. The maximum atomic E-state index is 6.32. The Hall–Kier alpha value is -4.62. The van der Waals surface area contributed by atoms with Crippen LogP contribution in [0.15, 0.2) is 121 Å². The molecular weight excluding hydrogens is 460 g/mol. The lowest BCUT2D eigenvalue weighted by Gasteiger charge is -2.22. The fourth-order valence-electron chi connectivity index (χ4n) is 6.51. The highest BCUT2D eigenvalue weighted by Gasteiger charge is 2.35. The smallest absolute Gasteiger partial charge is 0.135 e. The largest absolute Gasteiger partial charge is 0.456 e. The molecule has 0 unspecified atom stereocenters. The Kier molecular flexibility index (Phi) is 4.35. The summed E-state index contributed by atoms with van der Waals surface area (Å²) in [6, 6.07) is 44.0. The maximum Gasteiger partial charge on any atom is 0.135 e. The van der Waals surface area contributed by atoms with Crippen molar-refractivity contribution in [2.24, 2.45) is 0 Å². The molecule has 1 aliphatic carbocycles. The van der Waals surface area contributed by atoms with E-state index in [0.29, 0.717) is 0 Å². The molecule has 6 aromatic rings. The van der Waals surface area contributed by atoms with Gasteiger partial charge in [-0.1, -0.05) is 105 Å². The molecule has 8 rings (SSSR count). The Morgan fingerprint density at radius 3 is 1.97 bits per heavy atom. The molecule has 0 amide bonds. The third-order valence-corrected chi connectivity index (χ3v) is 8.47. The monoisotopic (exact) mass is 486 g/mol. The van der Waals surface area contributed by atoms with Crippen molar-refractivity contribution in [3.8, 4) is 56.0 Å². The zero-order valence-corrected chi connectivity index (χ0v) is 21.5. The van der Waals surface area contributed by atoms with Gasteiger partial charge in [-0.25, -0.2) is 0 Å². The number of hydrogen-bond acceptors (Lipinski definition) is 1. The van der Waals surface area contributed by atoms with Crippen molar-refractivity contribution in [1.29, 1.82) is 0 Å². The molecule has 6 aromatic carbocycles. The van der Waals surface area contributed by atoms with Crippen LogP contribution in [0.3, 0.4) is 0 Å². The number of fused-ring (bicyclic) bond motifs is 5. The van der Waals surface area contributed by atoms with Crippen LogP contribution in [0.1, 0.15) is 25.0 Å². The second kappa shape index (κ2) is 7.69. The molecular formula is C37H26O. The molecule has 0 aromatic heterocycles. The van der Waals surface area contributed by atoms with Crippen molar-refractivity contribution in [2.45, 2.75) is 19.3 Å². The van der Waals surface area contributed by atoms with Crippen LogP contribution in [0, 0.1) is 0 Å². The lowest BCUT2D eigenvalue weighted by Crippen LogP contribution is -2.14. The Balaban J connectivity index is 1.22. The van der Waals surface area contributed by atoms with Gasteiger partial charge >= 0.3 is 0 Å². The third kappa shape index (κ3) is 2.99. The van der Waals surface area contributed by atoms with Gasteiger partial charge in [0.25, 0.3) is 0 Å². The molecule has 0 bridgehead atoms. The van der Waals surface area contributed by atoms with Gasteiger partial charge in [-0.3, -0.25) is 0 Å². The molecule has 0 atom stereocenters. The minimum Gasteiger partial charge on any atom is -0.456 e. The first-order valence-corrected chi connectivity index (χ1v) is 13.3. The van der Waals surface area contributed by atoms with Crippen LogP contribution in [0.2, 0.25) is 0 Å². The molecule has 0 spiro atoms. The summed E-state index contributed by atoms with van der Waals surface area (Å²) < 4.78 is 6.32. The Labute approximate surface area is 223 Å². The minimum atomic E-state index is -0.00461. The van der Waals surface area contributed by atoms with Gasteiger partial charge in [0, 0.05) is 16.4 Å². The van der Waals surface area contributed by atoms with Crippen molar-refractivity contribution < 1.29 is 4.74 Å². The highest BCUT2D eigenvalue weighted by molar-refractivity contribution is 6.04. The summed E-state index contributed by atoms with van der Waals surface area (Å²) in [6.07, 6.45) is 0. The van der Waals surface area contributed by atoms with E-state index >= 15 is 0 Å². The highest BCUT2D eigenvalue weighted by atomic mass is 16.5. The van der Waals surface area contributed by atoms with Crippen LogP contribution < -0.4 is 4.74 Å². The van der Waals surface area contributed by atoms with Gasteiger partial charge in [0.2, 0.25) is 0 Å². The topological polar surface area (TPSA) is 9.23 Å². The fourth-order valence-corrected chi connectivity index (χ4v) is 6.51.